The van der Waals surface area contributed by atoms with E-state index in [1.54, 1.807) is 23.1 Å². The van der Waals surface area contributed by atoms with Gasteiger partial charge in [0.05, 0.1) is 6.54 Å². The summed E-state index contributed by atoms with van der Waals surface area (Å²) in [6, 6.07) is 2.17. The molecular weight excluding hydrogens is 252 g/mol. The molecule has 2 N–H and O–H groups in total. The molecule has 0 radical (unpaired) electrons. The van der Waals surface area contributed by atoms with Crippen LogP contribution in [0.25, 0.3) is 0 Å². The van der Waals surface area contributed by atoms with E-state index in [-0.39, 0.29) is 0 Å². The highest BCUT2D eigenvalue weighted by Crippen LogP contribution is 2.19. The molecule has 0 aliphatic rings. The fourth-order valence-electron chi connectivity index (χ4n) is 1.59. The van der Waals surface area contributed by atoms with Crippen molar-refractivity contribution in [2.45, 2.75) is 31.6 Å². The summed E-state index contributed by atoms with van der Waals surface area (Å²) in [5.41, 5.74) is 7.01. The normalized spacial score (nSPS) is 10.9. The van der Waals surface area contributed by atoms with Crippen molar-refractivity contribution in [1.29, 1.82) is 0 Å². The fourth-order valence-corrected chi connectivity index (χ4v) is 3.30. The van der Waals surface area contributed by atoms with Crippen LogP contribution in [0.3, 0.4) is 0 Å². The van der Waals surface area contributed by atoms with E-state index in [2.05, 4.69) is 38.5 Å². The third-order valence-corrected chi connectivity index (χ3v) is 4.19. The number of nitrogens with zero attached hydrogens (tertiary/aromatic N) is 3. The predicted molar refractivity (Wildman–Crippen MR) is 72.3 cm³/mol. The monoisotopic (exact) mass is 268 g/mol. The minimum absolute atomic E-state index is 0.450. The molecule has 2 rings (SSSR count). The summed E-state index contributed by atoms with van der Waals surface area (Å²) in [5.74, 6) is 1.89. The third kappa shape index (κ3) is 3.08. The molecule has 2 heterocycles. The van der Waals surface area contributed by atoms with E-state index in [0.717, 1.165) is 29.7 Å². The second-order valence-electron chi connectivity index (χ2n) is 3.58. The van der Waals surface area contributed by atoms with Crippen LogP contribution in [0.1, 0.15) is 18.3 Å². The number of aromatic nitrogens is 3. The van der Waals surface area contributed by atoms with Gasteiger partial charge in [-0.25, -0.2) is 0 Å². The van der Waals surface area contributed by atoms with Crippen LogP contribution < -0.4 is 5.73 Å². The Hall–Kier alpha value is -0.850. The highest BCUT2D eigenvalue weighted by molar-refractivity contribution is 7.99. The zero-order chi connectivity index (χ0) is 12.1. The van der Waals surface area contributed by atoms with Crippen LogP contribution in [-0.4, -0.2) is 20.5 Å². The van der Waals surface area contributed by atoms with E-state index < -0.39 is 0 Å². The lowest BCUT2D eigenvalue weighted by Gasteiger charge is -2.05. The lowest BCUT2D eigenvalue weighted by molar-refractivity contribution is 0.643. The van der Waals surface area contributed by atoms with Crippen molar-refractivity contribution in [3.8, 4) is 0 Å². The van der Waals surface area contributed by atoms with Crippen LogP contribution in [0.5, 0.6) is 0 Å². The Morgan fingerprint density at radius 3 is 3.00 bits per heavy atom. The standard InChI is InChI=1S/C11H16N4S2/c1-2-15-10(7-12)13-14-11(15)17-6-4-9-3-5-16-8-9/h3,5,8H,2,4,6-7,12H2,1H3. The number of aryl methyl sites for hydroxylation is 1. The minimum Gasteiger partial charge on any atom is -0.324 e. The highest BCUT2D eigenvalue weighted by atomic mass is 32.2. The van der Waals surface area contributed by atoms with Crippen molar-refractivity contribution in [3.63, 3.8) is 0 Å². The van der Waals surface area contributed by atoms with Gasteiger partial charge in [0.1, 0.15) is 5.82 Å². The molecule has 2 aromatic heterocycles. The van der Waals surface area contributed by atoms with Crippen LogP contribution in [-0.2, 0) is 19.5 Å². The zero-order valence-corrected chi connectivity index (χ0v) is 11.4. The van der Waals surface area contributed by atoms with Gasteiger partial charge in [-0.1, -0.05) is 11.8 Å². The number of rotatable bonds is 6. The molecule has 0 aliphatic heterocycles. The summed E-state index contributed by atoms with van der Waals surface area (Å²) in [4.78, 5) is 0. The van der Waals surface area contributed by atoms with Crippen molar-refractivity contribution in [2.24, 2.45) is 5.73 Å². The molecule has 6 heteroatoms. The van der Waals surface area contributed by atoms with E-state index in [0.29, 0.717) is 6.54 Å². The van der Waals surface area contributed by atoms with Gasteiger partial charge in [0, 0.05) is 12.3 Å². The van der Waals surface area contributed by atoms with Gasteiger partial charge in [0.2, 0.25) is 0 Å². The summed E-state index contributed by atoms with van der Waals surface area (Å²) >= 11 is 3.49. The molecule has 0 unspecified atom stereocenters. The molecule has 0 saturated heterocycles. The first-order valence-corrected chi connectivity index (χ1v) is 7.54. The lowest BCUT2D eigenvalue weighted by atomic mass is 10.3. The van der Waals surface area contributed by atoms with Crippen molar-refractivity contribution < 1.29 is 0 Å². The summed E-state index contributed by atoms with van der Waals surface area (Å²) in [6.45, 7) is 3.41. The molecule has 17 heavy (non-hydrogen) atoms. The molecule has 0 bridgehead atoms. The van der Waals surface area contributed by atoms with E-state index in [4.69, 9.17) is 5.73 Å². The van der Waals surface area contributed by atoms with Crippen LogP contribution in [0.4, 0.5) is 0 Å². The summed E-state index contributed by atoms with van der Waals surface area (Å²) < 4.78 is 2.08. The number of hydrogen-bond acceptors (Lipinski definition) is 5. The SMILES string of the molecule is CCn1c(CN)nnc1SCCc1ccsc1. The highest BCUT2D eigenvalue weighted by Gasteiger charge is 2.09. The maximum absolute atomic E-state index is 5.61. The quantitative estimate of drug-likeness (QED) is 0.816. The molecule has 0 spiro atoms. The fraction of sp³-hybridized carbons (Fsp3) is 0.455. The Morgan fingerprint density at radius 1 is 1.47 bits per heavy atom. The van der Waals surface area contributed by atoms with Crippen LogP contribution in [0, 0.1) is 0 Å². The summed E-state index contributed by atoms with van der Waals surface area (Å²) in [6.07, 6.45) is 1.07. The second kappa shape index (κ2) is 6.18. The average molecular weight is 268 g/mol. The van der Waals surface area contributed by atoms with E-state index >= 15 is 0 Å². The van der Waals surface area contributed by atoms with Gasteiger partial charge in [0.25, 0.3) is 0 Å². The maximum atomic E-state index is 5.61. The van der Waals surface area contributed by atoms with Gasteiger partial charge in [-0.15, -0.1) is 10.2 Å². The molecule has 0 saturated carbocycles. The molecule has 0 aromatic carbocycles. The zero-order valence-electron chi connectivity index (χ0n) is 9.80. The van der Waals surface area contributed by atoms with Gasteiger partial charge >= 0.3 is 0 Å². The van der Waals surface area contributed by atoms with E-state index in [9.17, 15) is 0 Å². The van der Waals surface area contributed by atoms with Crippen molar-refractivity contribution in [3.05, 3.63) is 28.2 Å². The Balaban J connectivity index is 1.92. The molecule has 4 nitrogen and oxygen atoms in total. The Kier molecular flexibility index (Phi) is 4.58. The van der Waals surface area contributed by atoms with Gasteiger partial charge in [0.15, 0.2) is 5.16 Å². The molecular formula is C11H16N4S2. The van der Waals surface area contributed by atoms with Crippen LogP contribution in [0.15, 0.2) is 22.0 Å². The van der Waals surface area contributed by atoms with Crippen molar-refractivity contribution in [2.75, 3.05) is 5.75 Å². The molecule has 0 fully saturated rings. The van der Waals surface area contributed by atoms with Gasteiger partial charge in [-0.2, -0.15) is 11.3 Å². The second-order valence-corrected chi connectivity index (χ2v) is 5.42. The minimum atomic E-state index is 0.450. The average Bonchev–Trinajstić information content (AvgIpc) is 2.97. The van der Waals surface area contributed by atoms with E-state index in [1.807, 2.05) is 0 Å². The number of thiophene rings is 1. The first-order valence-electron chi connectivity index (χ1n) is 5.61. The molecule has 0 amide bonds. The molecule has 0 aliphatic carbocycles. The van der Waals surface area contributed by atoms with Gasteiger partial charge in [-0.05, 0) is 35.7 Å². The smallest absolute Gasteiger partial charge is 0.191 e. The first-order chi connectivity index (χ1) is 8.35. The number of nitrogens with two attached hydrogens (primary N) is 1. The topological polar surface area (TPSA) is 56.7 Å². The van der Waals surface area contributed by atoms with Crippen molar-refractivity contribution in [1.82, 2.24) is 14.8 Å². The Bertz CT molecular complexity index is 450. The summed E-state index contributed by atoms with van der Waals surface area (Å²) in [7, 11) is 0. The summed E-state index contributed by atoms with van der Waals surface area (Å²) in [5, 5.41) is 13.5. The predicted octanol–water partition coefficient (Wildman–Crippen LogP) is 2.15. The Morgan fingerprint density at radius 2 is 2.35 bits per heavy atom. The number of thioether (sulfide) groups is 1. The third-order valence-electron chi connectivity index (χ3n) is 2.49. The largest absolute Gasteiger partial charge is 0.324 e. The number of hydrogen-bond donors (Lipinski definition) is 1. The Labute approximate surface area is 109 Å². The molecule has 92 valence electrons. The van der Waals surface area contributed by atoms with Crippen LogP contribution >= 0.6 is 23.1 Å². The van der Waals surface area contributed by atoms with Gasteiger partial charge < -0.3 is 10.3 Å². The molecule has 0 atom stereocenters. The van der Waals surface area contributed by atoms with Crippen molar-refractivity contribution >= 4 is 23.1 Å². The maximum Gasteiger partial charge on any atom is 0.191 e. The molecule has 2 aromatic rings. The van der Waals surface area contributed by atoms with Gasteiger partial charge in [-0.3, -0.25) is 0 Å². The van der Waals surface area contributed by atoms with Crippen LogP contribution in [0.2, 0.25) is 0 Å². The van der Waals surface area contributed by atoms with E-state index in [1.165, 1.54) is 5.56 Å². The first kappa shape index (κ1) is 12.6. The lowest BCUT2D eigenvalue weighted by Crippen LogP contribution is -2.08.